The van der Waals surface area contributed by atoms with E-state index in [9.17, 15) is 9.90 Å². The minimum absolute atomic E-state index is 0.0196. The second-order valence-corrected chi connectivity index (χ2v) is 6.37. The summed E-state index contributed by atoms with van der Waals surface area (Å²) < 4.78 is 6.24. The number of aliphatic hydroxyl groups is 1. The minimum Gasteiger partial charge on any atom is -0.508 e. The maximum Gasteiger partial charge on any atom is 0.412 e. The van der Waals surface area contributed by atoms with Crippen LogP contribution in [0.4, 0.5) is 10.5 Å². The topological polar surface area (TPSA) is 78.8 Å². The average Bonchev–Trinajstić information content (AvgIpc) is 2.56. The zero-order valence-corrected chi connectivity index (χ0v) is 14.9. The lowest BCUT2D eigenvalue weighted by molar-refractivity contribution is 0.0979. The van der Waals surface area contributed by atoms with Crippen LogP contribution in [0.2, 0.25) is 0 Å². The number of phenolic OH excluding ortho intramolecular Hbond substituents is 1. The van der Waals surface area contributed by atoms with Crippen molar-refractivity contribution in [2.24, 2.45) is 0 Å². The Balaban J connectivity index is 2.11. The average molecular weight is 394 g/mol. The first-order chi connectivity index (χ1) is 11.5. The number of halogens is 1. The Morgan fingerprint density at radius 3 is 2.62 bits per heavy atom. The van der Waals surface area contributed by atoms with Gasteiger partial charge in [-0.05, 0) is 50.1 Å². The summed E-state index contributed by atoms with van der Waals surface area (Å²) in [6, 6.07) is 12.3. The Kier molecular flexibility index (Phi) is 6.63. The molecule has 5 nitrogen and oxygen atoms in total. The molecule has 1 atom stereocenters. The molecule has 0 radical (unpaired) electrons. The van der Waals surface area contributed by atoms with Crippen molar-refractivity contribution in [1.82, 2.24) is 0 Å². The monoisotopic (exact) mass is 393 g/mol. The molecule has 6 heteroatoms. The zero-order valence-electron chi connectivity index (χ0n) is 13.3. The second-order valence-electron chi connectivity index (χ2n) is 5.45. The van der Waals surface area contributed by atoms with Crippen molar-refractivity contribution in [2.75, 3.05) is 11.9 Å². The molecule has 24 heavy (non-hydrogen) atoms. The third-order valence-corrected chi connectivity index (χ3v) is 4.00. The van der Waals surface area contributed by atoms with Crippen LogP contribution in [-0.2, 0) is 4.74 Å². The van der Waals surface area contributed by atoms with Gasteiger partial charge in [0.2, 0.25) is 0 Å². The molecule has 0 aromatic heterocycles. The van der Waals surface area contributed by atoms with Gasteiger partial charge in [-0.25, -0.2) is 4.79 Å². The fourth-order valence-corrected chi connectivity index (χ4v) is 2.63. The lowest BCUT2D eigenvalue weighted by Gasteiger charge is -2.19. The largest absolute Gasteiger partial charge is 0.508 e. The molecule has 3 N–H and O–H groups in total. The van der Waals surface area contributed by atoms with Crippen LogP contribution in [0.25, 0.3) is 0 Å². The summed E-state index contributed by atoms with van der Waals surface area (Å²) in [4.78, 5) is 12.2. The predicted octanol–water partition coefficient (Wildman–Crippen LogP) is 4.53. The Morgan fingerprint density at radius 2 is 1.96 bits per heavy atom. The van der Waals surface area contributed by atoms with Crippen LogP contribution in [0.15, 0.2) is 46.9 Å². The van der Waals surface area contributed by atoms with Crippen molar-refractivity contribution in [3.05, 3.63) is 58.1 Å². The highest BCUT2D eigenvalue weighted by molar-refractivity contribution is 9.10. The van der Waals surface area contributed by atoms with Gasteiger partial charge < -0.3 is 14.9 Å². The number of nitrogens with one attached hydrogen (secondary N) is 1. The van der Waals surface area contributed by atoms with E-state index < -0.39 is 12.2 Å². The number of ether oxygens (including phenoxy) is 1. The first kappa shape index (κ1) is 18.3. The third-order valence-electron chi connectivity index (χ3n) is 3.51. The van der Waals surface area contributed by atoms with E-state index in [1.807, 2.05) is 19.1 Å². The Hall–Kier alpha value is -2.05. The molecule has 0 aliphatic carbocycles. The summed E-state index contributed by atoms with van der Waals surface area (Å²) >= 11 is 3.34. The van der Waals surface area contributed by atoms with Gasteiger partial charge in [-0.1, -0.05) is 33.6 Å². The van der Waals surface area contributed by atoms with Crippen molar-refractivity contribution < 1.29 is 19.7 Å². The summed E-state index contributed by atoms with van der Waals surface area (Å²) in [6.45, 7) is 1.94. The van der Waals surface area contributed by atoms with Crippen molar-refractivity contribution in [3.8, 4) is 5.75 Å². The maximum atomic E-state index is 12.2. The molecule has 128 valence electrons. The number of rotatable bonds is 6. The number of hydrogen-bond acceptors (Lipinski definition) is 4. The summed E-state index contributed by atoms with van der Waals surface area (Å²) in [5.41, 5.74) is 2.22. The number of benzene rings is 2. The molecule has 0 saturated carbocycles. The van der Waals surface area contributed by atoms with Crippen LogP contribution in [0.3, 0.4) is 0 Å². The van der Waals surface area contributed by atoms with Crippen molar-refractivity contribution in [2.45, 2.75) is 25.9 Å². The van der Waals surface area contributed by atoms with Gasteiger partial charge in [0.25, 0.3) is 0 Å². The molecule has 2 aromatic carbocycles. The molecule has 0 aliphatic rings. The van der Waals surface area contributed by atoms with E-state index in [4.69, 9.17) is 9.84 Å². The van der Waals surface area contributed by atoms with Crippen LogP contribution >= 0.6 is 15.9 Å². The van der Waals surface area contributed by atoms with Gasteiger partial charge in [0.1, 0.15) is 11.9 Å². The Bertz CT molecular complexity index is 688. The Morgan fingerprint density at radius 1 is 1.25 bits per heavy atom. The number of carbonyl (C=O) groups is 1. The van der Waals surface area contributed by atoms with E-state index in [0.717, 1.165) is 10.0 Å². The van der Waals surface area contributed by atoms with E-state index in [1.165, 1.54) is 6.07 Å². The molecule has 0 heterocycles. The van der Waals surface area contributed by atoms with Crippen molar-refractivity contribution in [3.63, 3.8) is 0 Å². The molecular weight excluding hydrogens is 374 g/mol. The van der Waals surface area contributed by atoms with E-state index in [1.54, 1.807) is 24.3 Å². The third kappa shape index (κ3) is 5.25. The van der Waals surface area contributed by atoms with Crippen molar-refractivity contribution >= 4 is 27.7 Å². The normalized spacial score (nSPS) is 11.8. The van der Waals surface area contributed by atoms with Crippen LogP contribution in [0.5, 0.6) is 5.75 Å². The summed E-state index contributed by atoms with van der Waals surface area (Å²) in [7, 11) is 0. The number of aryl methyl sites for hydroxylation is 1. The number of carbonyl (C=O) groups excluding carboxylic acids is 1. The van der Waals surface area contributed by atoms with Gasteiger partial charge >= 0.3 is 6.09 Å². The van der Waals surface area contributed by atoms with Gasteiger partial charge in [-0.2, -0.15) is 0 Å². The molecule has 0 bridgehead atoms. The molecule has 2 rings (SSSR count). The van der Waals surface area contributed by atoms with Crippen LogP contribution in [0.1, 0.15) is 30.1 Å². The Labute approximate surface area is 149 Å². The van der Waals surface area contributed by atoms with E-state index >= 15 is 0 Å². The second kappa shape index (κ2) is 8.70. The first-order valence-electron chi connectivity index (χ1n) is 7.63. The van der Waals surface area contributed by atoms with Crippen LogP contribution in [0, 0.1) is 6.92 Å². The number of amides is 1. The quantitative estimate of drug-likeness (QED) is 0.673. The maximum absolute atomic E-state index is 12.2. The highest BCUT2D eigenvalue weighted by atomic mass is 79.9. The van der Waals surface area contributed by atoms with Gasteiger partial charge in [0.05, 0.1) is 0 Å². The minimum atomic E-state index is -0.653. The predicted molar refractivity (Wildman–Crippen MR) is 96.2 cm³/mol. The molecule has 2 aromatic rings. The standard InChI is InChI=1S/C18H20BrNO4/c1-12-4-7-14(8-5-12)20-18(23)24-17(3-2-10-21)15-11-13(19)6-9-16(15)22/h4-9,11,17,21-22H,2-3,10H2,1H3,(H,20,23)/t17-/m0/s1. The fraction of sp³-hybridized carbons (Fsp3) is 0.278. The highest BCUT2D eigenvalue weighted by Crippen LogP contribution is 2.33. The first-order valence-corrected chi connectivity index (χ1v) is 8.42. The fourth-order valence-electron chi connectivity index (χ4n) is 2.25. The molecule has 0 aliphatic heterocycles. The van der Waals surface area contributed by atoms with Gasteiger partial charge in [0.15, 0.2) is 0 Å². The smallest absolute Gasteiger partial charge is 0.412 e. The number of anilines is 1. The van der Waals surface area contributed by atoms with E-state index in [-0.39, 0.29) is 12.4 Å². The molecule has 0 unspecified atom stereocenters. The van der Waals surface area contributed by atoms with Gasteiger partial charge in [-0.15, -0.1) is 0 Å². The van der Waals surface area contributed by atoms with Crippen molar-refractivity contribution in [1.29, 1.82) is 0 Å². The highest BCUT2D eigenvalue weighted by Gasteiger charge is 2.20. The summed E-state index contributed by atoms with van der Waals surface area (Å²) in [5.74, 6) is 0.0456. The number of phenols is 1. The molecule has 0 fully saturated rings. The summed E-state index contributed by atoms with van der Waals surface area (Å²) in [5, 5.41) is 21.8. The lowest BCUT2D eigenvalue weighted by Crippen LogP contribution is -2.18. The lowest BCUT2D eigenvalue weighted by atomic mass is 10.0. The SMILES string of the molecule is Cc1ccc(NC(=O)O[C@@H](CCCO)c2cc(Br)ccc2O)cc1. The zero-order chi connectivity index (χ0) is 17.5. The van der Waals surface area contributed by atoms with E-state index in [2.05, 4.69) is 21.2 Å². The van der Waals surface area contributed by atoms with Crippen LogP contribution in [-0.4, -0.2) is 22.9 Å². The van der Waals surface area contributed by atoms with E-state index in [0.29, 0.717) is 24.1 Å². The van der Waals surface area contributed by atoms with Crippen LogP contribution < -0.4 is 5.32 Å². The summed E-state index contributed by atoms with van der Waals surface area (Å²) in [6.07, 6.45) is -0.405. The number of aliphatic hydroxyl groups excluding tert-OH is 1. The number of aromatic hydroxyl groups is 1. The molecule has 0 spiro atoms. The molecule has 1 amide bonds. The van der Waals surface area contributed by atoms with Gasteiger partial charge in [0, 0.05) is 22.3 Å². The van der Waals surface area contributed by atoms with Gasteiger partial charge in [-0.3, -0.25) is 5.32 Å². The molecular formula is C18H20BrNO4. The number of hydrogen-bond donors (Lipinski definition) is 3. The molecule has 0 saturated heterocycles.